The van der Waals surface area contributed by atoms with Crippen LogP contribution in [0.4, 0.5) is 0 Å². The fraction of sp³-hybridized carbons (Fsp3) is 0.500. The number of benzene rings is 1. The molecule has 0 heterocycles. The Hall–Kier alpha value is -1.84. The summed E-state index contributed by atoms with van der Waals surface area (Å²) in [5.74, 6) is -0.332. The quantitative estimate of drug-likeness (QED) is 0.799. The summed E-state index contributed by atoms with van der Waals surface area (Å²) in [4.78, 5) is 23.5. The highest BCUT2D eigenvalue weighted by Crippen LogP contribution is 2.07. The minimum Gasteiger partial charge on any atom is -0.357 e. The first kappa shape index (κ1) is 16.2. The lowest BCUT2D eigenvalue weighted by Crippen LogP contribution is -2.47. The van der Waals surface area contributed by atoms with Gasteiger partial charge < -0.3 is 10.6 Å². The van der Waals surface area contributed by atoms with E-state index >= 15 is 0 Å². The molecule has 2 N–H and O–H groups in total. The van der Waals surface area contributed by atoms with Gasteiger partial charge in [-0.1, -0.05) is 44.2 Å². The Balaban J connectivity index is 2.48. The van der Waals surface area contributed by atoms with Crippen LogP contribution in [0.3, 0.4) is 0 Å². The van der Waals surface area contributed by atoms with E-state index in [0.29, 0.717) is 6.42 Å². The van der Waals surface area contributed by atoms with E-state index in [1.807, 2.05) is 32.0 Å². The van der Waals surface area contributed by atoms with Crippen LogP contribution in [0.5, 0.6) is 0 Å². The third kappa shape index (κ3) is 5.43. The van der Waals surface area contributed by atoms with Crippen molar-refractivity contribution >= 4 is 11.8 Å². The molecule has 0 spiro atoms. The van der Waals surface area contributed by atoms with Gasteiger partial charge >= 0.3 is 0 Å². The molecule has 20 heavy (non-hydrogen) atoms. The van der Waals surface area contributed by atoms with E-state index in [4.69, 9.17) is 0 Å². The second-order valence-corrected chi connectivity index (χ2v) is 5.21. The molecule has 4 heteroatoms. The number of carbonyl (C=O) groups is 2. The molecule has 1 aromatic rings. The van der Waals surface area contributed by atoms with E-state index in [1.54, 1.807) is 7.05 Å². The first-order valence-corrected chi connectivity index (χ1v) is 7.10. The van der Waals surface area contributed by atoms with Crippen molar-refractivity contribution in [2.24, 2.45) is 5.92 Å². The van der Waals surface area contributed by atoms with Gasteiger partial charge in [-0.2, -0.15) is 0 Å². The second-order valence-electron chi connectivity index (χ2n) is 5.21. The van der Waals surface area contributed by atoms with Gasteiger partial charge in [0.2, 0.25) is 11.8 Å². The van der Waals surface area contributed by atoms with Crippen molar-refractivity contribution in [3.8, 4) is 0 Å². The van der Waals surface area contributed by atoms with Crippen LogP contribution < -0.4 is 10.6 Å². The van der Waals surface area contributed by atoms with Gasteiger partial charge in [-0.05, 0) is 24.8 Å². The van der Waals surface area contributed by atoms with Crippen LogP contribution in [0.2, 0.25) is 0 Å². The van der Waals surface area contributed by atoms with Gasteiger partial charge in [-0.25, -0.2) is 0 Å². The number of likely N-dealkylation sites (N-methyl/N-ethyl adjacent to an activating group) is 1. The van der Waals surface area contributed by atoms with E-state index < -0.39 is 6.04 Å². The summed E-state index contributed by atoms with van der Waals surface area (Å²) in [6.07, 6.45) is 2.42. The van der Waals surface area contributed by atoms with Crippen molar-refractivity contribution < 1.29 is 9.59 Å². The van der Waals surface area contributed by atoms with Crippen molar-refractivity contribution in [1.82, 2.24) is 10.6 Å². The van der Waals surface area contributed by atoms with Gasteiger partial charge in [-0.3, -0.25) is 9.59 Å². The molecule has 110 valence electrons. The van der Waals surface area contributed by atoms with Gasteiger partial charge in [0.05, 0.1) is 0 Å². The van der Waals surface area contributed by atoms with Crippen LogP contribution in [0.15, 0.2) is 30.3 Å². The molecule has 1 aromatic carbocycles. The van der Waals surface area contributed by atoms with Gasteiger partial charge in [0.15, 0.2) is 0 Å². The normalized spacial score (nSPS) is 12.0. The van der Waals surface area contributed by atoms with Crippen molar-refractivity contribution in [3.63, 3.8) is 0 Å². The summed E-state index contributed by atoms with van der Waals surface area (Å²) in [5, 5.41) is 5.41. The number of hydrogen-bond acceptors (Lipinski definition) is 2. The predicted molar refractivity (Wildman–Crippen MR) is 80.2 cm³/mol. The van der Waals surface area contributed by atoms with E-state index in [9.17, 15) is 9.59 Å². The zero-order valence-electron chi connectivity index (χ0n) is 12.5. The zero-order valence-corrected chi connectivity index (χ0v) is 12.5. The van der Waals surface area contributed by atoms with Crippen molar-refractivity contribution in [2.45, 2.75) is 39.2 Å². The SMILES string of the molecule is CNC(=O)C(CCCc1ccccc1)NC(=O)C(C)C. The summed E-state index contributed by atoms with van der Waals surface area (Å²) in [5.41, 5.74) is 1.25. The number of aryl methyl sites for hydroxylation is 1. The molecule has 0 saturated heterocycles. The Bertz CT molecular complexity index is 429. The maximum absolute atomic E-state index is 11.8. The molecule has 0 aliphatic heterocycles. The fourth-order valence-corrected chi connectivity index (χ4v) is 1.94. The van der Waals surface area contributed by atoms with Crippen molar-refractivity contribution in [2.75, 3.05) is 7.05 Å². The van der Waals surface area contributed by atoms with E-state index in [2.05, 4.69) is 22.8 Å². The molecule has 0 fully saturated rings. The molecule has 0 saturated carbocycles. The number of amides is 2. The summed E-state index contributed by atoms with van der Waals surface area (Å²) in [6.45, 7) is 3.64. The van der Waals surface area contributed by atoms with Crippen LogP contribution in [0, 0.1) is 5.92 Å². The highest BCUT2D eigenvalue weighted by Gasteiger charge is 2.20. The fourth-order valence-electron chi connectivity index (χ4n) is 1.94. The largest absolute Gasteiger partial charge is 0.357 e. The molecule has 0 radical (unpaired) electrons. The molecule has 1 atom stereocenters. The zero-order chi connectivity index (χ0) is 15.0. The maximum atomic E-state index is 11.8. The van der Waals surface area contributed by atoms with Crippen molar-refractivity contribution in [3.05, 3.63) is 35.9 Å². The summed E-state index contributed by atoms with van der Waals surface area (Å²) in [7, 11) is 1.59. The minimum atomic E-state index is -0.446. The van der Waals surface area contributed by atoms with Gasteiger partial charge in [-0.15, -0.1) is 0 Å². The predicted octanol–water partition coefficient (Wildman–Crippen LogP) is 1.90. The molecule has 0 bridgehead atoms. The summed E-state index contributed by atoms with van der Waals surface area (Å²) >= 11 is 0. The molecule has 0 aliphatic rings. The lowest BCUT2D eigenvalue weighted by molar-refractivity contribution is -0.130. The topological polar surface area (TPSA) is 58.2 Å². The average molecular weight is 276 g/mol. The molecule has 1 rings (SSSR count). The smallest absolute Gasteiger partial charge is 0.242 e. The molecular weight excluding hydrogens is 252 g/mol. The Morgan fingerprint density at radius 2 is 1.75 bits per heavy atom. The highest BCUT2D eigenvalue weighted by molar-refractivity contribution is 5.88. The van der Waals surface area contributed by atoms with Gasteiger partial charge in [0.25, 0.3) is 0 Å². The highest BCUT2D eigenvalue weighted by atomic mass is 16.2. The number of carbonyl (C=O) groups excluding carboxylic acids is 2. The molecule has 2 amide bonds. The maximum Gasteiger partial charge on any atom is 0.242 e. The Morgan fingerprint density at radius 1 is 1.10 bits per heavy atom. The number of nitrogens with one attached hydrogen (secondary N) is 2. The van der Waals surface area contributed by atoms with Crippen LogP contribution in [-0.2, 0) is 16.0 Å². The Kier molecular flexibility index (Phi) is 6.77. The van der Waals surface area contributed by atoms with E-state index in [-0.39, 0.29) is 17.7 Å². The third-order valence-electron chi connectivity index (χ3n) is 3.20. The molecule has 0 aliphatic carbocycles. The van der Waals surface area contributed by atoms with Crippen LogP contribution in [0.25, 0.3) is 0 Å². The van der Waals surface area contributed by atoms with E-state index in [1.165, 1.54) is 5.56 Å². The summed E-state index contributed by atoms with van der Waals surface area (Å²) < 4.78 is 0. The Labute approximate surface area is 121 Å². The van der Waals surface area contributed by atoms with Gasteiger partial charge in [0.1, 0.15) is 6.04 Å². The number of hydrogen-bond donors (Lipinski definition) is 2. The molecule has 0 aromatic heterocycles. The molecular formula is C16H24N2O2. The first-order chi connectivity index (χ1) is 9.54. The van der Waals surface area contributed by atoms with Crippen LogP contribution in [-0.4, -0.2) is 24.9 Å². The average Bonchev–Trinajstić information content (AvgIpc) is 2.46. The lowest BCUT2D eigenvalue weighted by atomic mass is 10.0. The number of rotatable bonds is 7. The molecule has 1 unspecified atom stereocenters. The van der Waals surface area contributed by atoms with Crippen molar-refractivity contribution in [1.29, 1.82) is 0 Å². The van der Waals surface area contributed by atoms with Crippen LogP contribution >= 0.6 is 0 Å². The monoisotopic (exact) mass is 276 g/mol. The van der Waals surface area contributed by atoms with Crippen LogP contribution in [0.1, 0.15) is 32.3 Å². The third-order valence-corrected chi connectivity index (χ3v) is 3.20. The second kappa shape index (κ2) is 8.35. The van der Waals surface area contributed by atoms with E-state index in [0.717, 1.165) is 12.8 Å². The lowest BCUT2D eigenvalue weighted by Gasteiger charge is -2.18. The standard InChI is InChI=1S/C16H24N2O2/c1-12(2)15(19)18-14(16(20)17-3)11-7-10-13-8-5-4-6-9-13/h4-6,8-9,12,14H,7,10-11H2,1-3H3,(H,17,20)(H,18,19). The Morgan fingerprint density at radius 3 is 2.30 bits per heavy atom. The first-order valence-electron chi connectivity index (χ1n) is 7.10. The molecule has 4 nitrogen and oxygen atoms in total. The van der Waals surface area contributed by atoms with Gasteiger partial charge in [0, 0.05) is 13.0 Å². The minimum absolute atomic E-state index is 0.0849. The summed E-state index contributed by atoms with van der Waals surface area (Å²) in [6, 6.07) is 9.69.